The first-order valence-electron chi connectivity index (χ1n) is 11.9. The molecule has 0 fully saturated rings. The van der Waals surface area contributed by atoms with Crippen LogP contribution in [0.1, 0.15) is 70.6 Å². The van der Waals surface area contributed by atoms with E-state index in [4.69, 9.17) is 0 Å². The summed E-state index contributed by atoms with van der Waals surface area (Å²) < 4.78 is 0. The molecular formula is C28H40N2O2. The van der Waals surface area contributed by atoms with Crippen molar-refractivity contribution in [1.29, 1.82) is 0 Å². The van der Waals surface area contributed by atoms with Gasteiger partial charge in [-0.05, 0) is 48.3 Å². The number of benzene rings is 2. The van der Waals surface area contributed by atoms with Crippen molar-refractivity contribution in [2.45, 2.75) is 78.2 Å². The summed E-state index contributed by atoms with van der Waals surface area (Å²) in [5, 5.41) is 2.98. The van der Waals surface area contributed by atoms with Gasteiger partial charge in [-0.25, -0.2) is 0 Å². The fourth-order valence-corrected chi connectivity index (χ4v) is 3.67. The summed E-state index contributed by atoms with van der Waals surface area (Å²) in [7, 11) is 0. The van der Waals surface area contributed by atoms with E-state index in [-0.39, 0.29) is 17.2 Å². The van der Waals surface area contributed by atoms with Crippen LogP contribution >= 0.6 is 0 Å². The first-order valence-corrected chi connectivity index (χ1v) is 11.9. The molecule has 0 aliphatic rings. The van der Waals surface area contributed by atoms with Gasteiger partial charge in [0, 0.05) is 19.5 Å². The molecule has 0 saturated carbocycles. The molecule has 0 spiro atoms. The molecule has 0 aliphatic heterocycles. The molecule has 0 heterocycles. The zero-order valence-corrected chi connectivity index (χ0v) is 20.5. The van der Waals surface area contributed by atoms with E-state index in [0.717, 1.165) is 24.8 Å². The molecule has 0 aliphatic carbocycles. The Morgan fingerprint density at radius 2 is 1.56 bits per heavy atom. The first kappa shape index (κ1) is 25.6. The Morgan fingerprint density at radius 3 is 2.16 bits per heavy atom. The van der Waals surface area contributed by atoms with Gasteiger partial charge in [0.2, 0.25) is 11.8 Å². The lowest BCUT2D eigenvalue weighted by molar-refractivity contribution is -0.139. The summed E-state index contributed by atoms with van der Waals surface area (Å²) in [5.41, 5.74) is 3.72. The number of hydrogen-bond donors (Lipinski definition) is 1. The van der Waals surface area contributed by atoms with Gasteiger partial charge in [0.1, 0.15) is 6.04 Å². The van der Waals surface area contributed by atoms with Crippen molar-refractivity contribution in [3.05, 3.63) is 71.3 Å². The predicted octanol–water partition coefficient (Wildman–Crippen LogP) is 5.29. The van der Waals surface area contributed by atoms with Crippen molar-refractivity contribution < 1.29 is 9.59 Å². The number of amides is 2. The van der Waals surface area contributed by atoms with Crippen LogP contribution in [0.15, 0.2) is 54.6 Å². The number of aryl methyl sites for hydroxylation is 1. The van der Waals surface area contributed by atoms with Gasteiger partial charge in [-0.3, -0.25) is 9.59 Å². The molecule has 0 radical (unpaired) electrons. The number of rotatable bonds is 11. The van der Waals surface area contributed by atoms with Gasteiger partial charge in [0.15, 0.2) is 0 Å². The number of unbranched alkanes of at least 4 members (excludes halogenated alkanes) is 1. The maximum Gasteiger partial charge on any atom is 0.242 e. The van der Waals surface area contributed by atoms with Crippen molar-refractivity contribution in [3.63, 3.8) is 0 Å². The Balaban J connectivity index is 2.03. The van der Waals surface area contributed by atoms with Crippen LogP contribution in [-0.2, 0) is 27.8 Å². The minimum atomic E-state index is -0.480. The van der Waals surface area contributed by atoms with E-state index in [0.29, 0.717) is 25.9 Å². The highest BCUT2D eigenvalue weighted by atomic mass is 16.2. The molecular weight excluding hydrogens is 396 g/mol. The summed E-state index contributed by atoms with van der Waals surface area (Å²) in [5.74, 6) is -0.0478. The normalized spacial score (nSPS) is 12.3. The molecule has 32 heavy (non-hydrogen) atoms. The van der Waals surface area contributed by atoms with Crippen LogP contribution in [0.3, 0.4) is 0 Å². The minimum Gasteiger partial charge on any atom is -0.354 e. The number of hydrogen-bond acceptors (Lipinski definition) is 2. The molecule has 1 atom stereocenters. The van der Waals surface area contributed by atoms with Crippen LogP contribution < -0.4 is 5.32 Å². The van der Waals surface area contributed by atoms with Crippen molar-refractivity contribution in [2.24, 2.45) is 0 Å². The molecule has 0 bridgehead atoms. The third kappa shape index (κ3) is 8.14. The molecule has 0 saturated heterocycles. The second kappa shape index (κ2) is 12.4. The number of carbonyl (C=O) groups is 2. The van der Waals surface area contributed by atoms with E-state index in [1.807, 2.05) is 25.1 Å². The molecule has 2 aromatic rings. The first-order chi connectivity index (χ1) is 15.2. The summed E-state index contributed by atoms with van der Waals surface area (Å²) in [6.45, 7) is 11.7. The lowest BCUT2D eigenvalue weighted by Crippen LogP contribution is -2.49. The Labute approximate surface area is 194 Å². The third-order valence-electron chi connectivity index (χ3n) is 5.93. The summed E-state index contributed by atoms with van der Waals surface area (Å²) in [6, 6.07) is 18.2. The molecule has 0 aromatic heterocycles. The van der Waals surface area contributed by atoms with Gasteiger partial charge in [-0.15, -0.1) is 0 Å². The van der Waals surface area contributed by atoms with Crippen LogP contribution in [-0.4, -0.2) is 35.8 Å². The fourth-order valence-electron chi connectivity index (χ4n) is 3.67. The average Bonchev–Trinajstić information content (AvgIpc) is 2.78. The maximum atomic E-state index is 13.2. The van der Waals surface area contributed by atoms with E-state index in [1.54, 1.807) is 4.90 Å². The van der Waals surface area contributed by atoms with Gasteiger partial charge < -0.3 is 10.2 Å². The minimum absolute atomic E-state index is 0.0268. The van der Waals surface area contributed by atoms with Crippen molar-refractivity contribution in [2.75, 3.05) is 13.1 Å². The summed E-state index contributed by atoms with van der Waals surface area (Å²) in [6.07, 6.45) is 3.78. The van der Waals surface area contributed by atoms with E-state index < -0.39 is 6.04 Å². The van der Waals surface area contributed by atoms with E-state index in [2.05, 4.69) is 69.4 Å². The second-order valence-electron chi connectivity index (χ2n) is 9.59. The Kier molecular flexibility index (Phi) is 9.96. The Bertz CT molecular complexity index is 838. The van der Waals surface area contributed by atoms with Crippen molar-refractivity contribution in [3.8, 4) is 0 Å². The SMILES string of the molecule is CCCCNC(=O)[C@@H](C)N(CCc1ccccc1)C(=O)CCc1ccc(C(C)(C)C)cc1. The lowest BCUT2D eigenvalue weighted by Gasteiger charge is -2.29. The quantitative estimate of drug-likeness (QED) is 0.486. The van der Waals surface area contributed by atoms with Gasteiger partial charge in [0.25, 0.3) is 0 Å². The van der Waals surface area contributed by atoms with Gasteiger partial charge in [-0.1, -0.05) is 88.7 Å². The smallest absolute Gasteiger partial charge is 0.242 e. The molecule has 174 valence electrons. The number of carbonyl (C=O) groups excluding carboxylic acids is 2. The monoisotopic (exact) mass is 436 g/mol. The molecule has 2 amide bonds. The number of nitrogens with one attached hydrogen (secondary N) is 1. The molecule has 2 aromatic carbocycles. The van der Waals surface area contributed by atoms with Crippen LogP contribution in [0, 0.1) is 0 Å². The Hall–Kier alpha value is -2.62. The van der Waals surface area contributed by atoms with E-state index >= 15 is 0 Å². The highest BCUT2D eigenvalue weighted by Gasteiger charge is 2.25. The van der Waals surface area contributed by atoms with Crippen LogP contribution in [0.5, 0.6) is 0 Å². The second-order valence-corrected chi connectivity index (χ2v) is 9.59. The van der Waals surface area contributed by atoms with Crippen LogP contribution in [0.4, 0.5) is 0 Å². The van der Waals surface area contributed by atoms with E-state index in [1.165, 1.54) is 11.1 Å². The zero-order chi connectivity index (χ0) is 23.6. The van der Waals surface area contributed by atoms with Gasteiger partial charge >= 0.3 is 0 Å². The molecule has 4 nitrogen and oxygen atoms in total. The van der Waals surface area contributed by atoms with Gasteiger partial charge in [-0.2, -0.15) is 0 Å². The highest BCUT2D eigenvalue weighted by molar-refractivity contribution is 5.87. The maximum absolute atomic E-state index is 13.2. The zero-order valence-electron chi connectivity index (χ0n) is 20.5. The van der Waals surface area contributed by atoms with Crippen LogP contribution in [0.2, 0.25) is 0 Å². The Morgan fingerprint density at radius 1 is 0.938 bits per heavy atom. The molecule has 4 heteroatoms. The standard InChI is InChI=1S/C28H40N2O2/c1-6-7-20-29-27(32)22(2)30(21-19-23-11-9-8-10-12-23)26(31)18-15-24-13-16-25(17-14-24)28(3,4)5/h8-14,16-17,22H,6-7,15,18-21H2,1-5H3,(H,29,32)/t22-/m1/s1. The van der Waals surface area contributed by atoms with Crippen molar-refractivity contribution >= 4 is 11.8 Å². The molecule has 0 unspecified atom stereocenters. The molecule has 1 N–H and O–H groups in total. The van der Waals surface area contributed by atoms with Gasteiger partial charge in [0.05, 0.1) is 0 Å². The summed E-state index contributed by atoms with van der Waals surface area (Å²) >= 11 is 0. The third-order valence-corrected chi connectivity index (χ3v) is 5.93. The highest BCUT2D eigenvalue weighted by Crippen LogP contribution is 2.22. The average molecular weight is 437 g/mol. The van der Waals surface area contributed by atoms with E-state index in [9.17, 15) is 9.59 Å². The molecule has 2 rings (SSSR count). The largest absolute Gasteiger partial charge is 0.354 e. The summed E-state index contributed by atoms with van der Waals surface area (Å²) in [4.78, 5) is 27.6. The predicted molar refractivity (Wildman–Crippen MR) is 133 cm³/mol. The fraction of sp³-hybridized carbons (Fsp3) is 0.500. The van der Waals surface area contributed by atoms with Crippen LogP contribution in [0.25, 0.3) is 0 Å². The van der Waals surface area contributed by atoms with Crippen molar-refractivity contribution in [1.82, 2.24) is 10.2 Å². The lowest BCUT2D eigenvalue weighted by atomic mass is 9.86. The topological polar surface area (TPSA) is 49.4 Å². The number of nitrogens with zero attached hydrogens (tertiary/aromatic N) is 1.